The Morgan fingerprint density at radius 3 is 2.45 bits per heavy atom. The number of aromatic nitrogens is 1. The van der Waals surface area contributed by atoms with Gasteiger partial charge in [-0.1, -0.05) is 53.8 Å². The third-order valence-electron chi connectivity index (χ3n) is 5.55. The van der Waals surface area contributed by atoms with Gasteiger partial charge in [0.1, 0.15) is 0 Å². The SMILES string of the molecule is Cc1ccccc1N(C(=O)/C=C/c1ccc(C(=O)NC2CC2)cc1)c1nc2ccccc2s1. The van der Waals surface area contributed by atoms with Crippen LogP contribution in [0.4, 0.5) is 10.8 Å². The molecule has 3 aromatic carbocycles. The zero-order valence-corrected chi connectivity index (χ0v) is 19.0. The predicted molar refractivity (Wildman–Crippen MR) is 134 cm³/mol. The normalized spacial score (nSPS) is 13.4. The van der Waals surface area contributed by atoms with Crippen LogP contribution in [0.1, 0.15) is 34.3 Å². The molecule has 1 saturated carbocycles. The molecule has 5 nitrogen and oxygen atoms in total. The van der Waals surface area contributed by atoms with Gasteiger partial charge in [0.2, 0.25) is 0 Å². The summed E-state index contributed by atoms with van der Waals surface area (Å²) in [5, 5.41) is 3.62. The standard InChI is InChI=1S/C27H23N3O2S/c1-18-6-2-4-8-23(18)30(27-29-22-7-3-5-9-24(22)33-27)25(31)17-12-19-10-13-20(14-11-19)26(32)28-21-15-16-21/h2-14,17,21H,15-16H2,1H3,(H,28,32)/b17-12+. The van der Waals surface area contributed by atoms with Crippen molar-refractivity contribution >= 4 is 50.3 Å². The summed E-state index contributed by atoms with van der Waals surface area (Å²) in [7, 11) is 0. The molecule has 0 atom stereocenters. The van der Waals surface area contributed by atoms with E-state index in [1.807, 2.05) is 67.6 Å². The number of anilines is 2. The minimum Gasteiger partial charge on any atom is -0.349 e. The largest absolute Gasteiger partial charge is 0.349 e. The first kappa shape index (κ1) is 21.1. The Bertz CT molecular complexity index is 1320. The Morgan fingerprint density at radius 2 is 1.73 bits per heavy atom. The molecular weight excluding hydrogens is 430 g/mol. The summed E-state index contributed by atoms with van der Waals surface area (Å²) in [6.07, 6.45) is 5.43. The maximum atomic E-state index is 13.4. The van der Waals surface area contributed by atoms with Crippen molar-refractivity contribution in [3.63, 3.8) is 0 Å². The Morgan fingerprint density at radius 1 is 1.00 bits per heavy atom. The zero-order valence-electron chi connectivity index (χ0n) is 18.2. The van der Waals surface area contributed by atoms with Crippen molar-refractivity contribution < 1.29 is 9.59 Å². The summed E-state index contributed by atoms with van der Waals surface area (Å²) < 4.78 is 1.03. The molecule has 4 aromatic rings. The summed E-state index contributed by atoms with van der Waals surface area (Å²) in [4.78, 5) is 31.9. The molecule has 1 heterocycles. The fraction of sp³-hybridized carbons (Fsp3) is 0.148. The molecule has 1 fully saturated rings. The maximum Gasteiger partial charge on any atom is 0.257 e. The Balaban J connectivity index is 1.41. The van der Waals surface area contributed by atoms with Crippen LogP contribution in [0.2, 0.25) is 0 Å². The summed E-state index contributed by atoms with van der Waals surface area (Å²) in [6, 6.07) is 23.3. The first-order chi connectivity index (χ1) is 16.1. The van der Waals surface area contributed by atoms with Crippen LogP contribution in [-0.4, -0.2) is 22.8 Å². The van der Waals surface area contributed by atoms with Gasteiger partial charge in [0, 0.05) is 17.7 Å². The van der Waals surface area contributed by atoms with Crippen molar-refractivity contribution in [3.05, 3.63) is 95.6 Å². The van der Waals surface area contributed by atoms with Crippen LogP contribution in [0, 0.1) is 6.92 Å². The molecule has 0 aliphatic heterocycles. The summed E-state index contributed by atoms with van der Waals surface area (Å²) in [5.41, 5.74) is 4.14. The van der Waals surface area contributed by atoms with Gasteiger partial charge in [-0.3, -0.25) is 14.5 Å². The van der Waals surface area contributed by atoms with E-state index < -0.39 is 0 Å². The van der Waals surface area contributed by atoms with Gasteiger partial charge in [-0.15, -0.1) is 0 Å². The smallest absolute Gasteiger partial charge is 0.257 e. The van der Waals surface area contributed by atoms with E-state index >= 15 is 0 Å². The van der Waals surface area contributed by atoms with Crippen LogP contribution < -0.4 is 10.2 Å². The lowest BCUT2D eigenvalue weighted by atomic mass is 10.1. The van der Waals surface area contributed by atoms with Gasteiger partial charge < -0.3 is 5.32 Å². The highest BCUT2D eigenvalue weighted by Crippen LogP contribution is 2.35. The number of carbonyl (C=O) groups is 2. The van der Waals surface area contributed by atoms with E-state index in [0.717, 1.165) is 39.9 Å². The highest BCUT2D eigenvalue weighted by Gasteiger charge is 2.24. The fourth-order valence-electron chi connectivity index (χ4n) is 3.57. The molecule has 6 heteroatoms. The number of hydrogen-bond acceptors (Lipinski definition) is 4. The lowest BCUT2D eigenvalue weighted by Gasteiger charge is -2.20. The summed E-state index contributed by atoms with van der Waals surface area (Å²) in [6.45, 7) is 1.98. The number of fused-ring (bicyclic) bond motifs is 1. The number of para-hydroxylation sites is 2. The van der Waals surface area contributed by atoms with Crippen LogP contribution in [0.3, 0.4) is 0 Å². The van der Waals surface area contributed by atoms with Gasteiger partial charge in [-0.25, -0.2) is 4.98 Å². The molecule has 1 aliphatic rings. The molecule has 1 N–H and O–H groups in total. The number of nitrogens with one attached hydrogen (secondary N) is 1. The fourth-order valence-corrected chi connectivity index (χ4v) is 4.56. The van der Waals surface area contributed by atoms with Crippen LogP contribution in [0.5, 0.6) is 0 Å². The highest BCUT2D eigenvalue weighted by molar-refractivity contribution is 7.22. The van der Waals surface area contributed by atoms with Crippen molar-refractivity contribution in [1.29, 1.82) is 0 Å². The predicted octanol–water partition coefficient (Wildman–Crippen LogP) is 5.88. The van der Waals surface area contributed by atoms with Crippen LogP contribution in [-0.2, 0) is 4.79 Å². The average molecular weight is 454 g/mol. The Labute approximate surface area is 196 Å². The molecule has 2 amide bonds. The molecule has 0 spiro atoms. The minimum absolute atomic E-state index is 0.0503. The van der Waals surface area contributed by atoms with Crippen LogP contribution in [0.25, 0.3) is 16.3 Å². The van der Waals surface area contributed by atoms with Gasteiger partial charge in [0.25, 0.3) is 11.8 Å². The summed E-state index contributed by atoms with van der Waals surface area (Å²) in [5.74, 6) is -0.232. The Kier molecular flexibility index (Phi) is 5.75. The van der Waals surface area contributed by atoms with E-state index in [0.29, 0.717) is 16.7 Å². The molecule has 0 radical (unpaired) electrons. The van der Waals surface area contributed by atoms with Crippen LogP contribution >= 0.6 is 11.3 Å². The van der Waals surface area contributed by atoms with E-state index in [2.05, 4.69) is 5.32 Å². The number of aryl methyl sites for hydroxylation is 1. The van der Waals surface area contributed by atoms with E-state index in [9.17, 15) is 9.59 Å². The van der Waals surface area contributed by atoms with Crippen molar-refractivity contribution in [3.8, 4) is 0 Å². The number of thiazole rings is 1. The molecule has 33 heavy (non-hydrogen) atoms. The molecular formula is C27H23N3O2S. The zero-order chi connectivity index (χ0) is 22.8. The van der Waals surface area contributed by atoms with E-state index in [1.165, 1.54) is 11.3 Å². The molecule has 1 aliphatic carbocycles. The molecule has 1 aromatic heterocycles. The van der Waals surface area contributed by atoms with Crippen molar-refractivity contribution in [2.75, 3.05) is 4.90 Å². The molecule has 0 unspecified atom stereocenters. The number of nitrogens with zero attached hydrogens (tertiary/aromatic N) is 2. The number of rotatable bonds is 6. The first-order valence-corrected chi connectivity index (χ1v) is 11.7. The van der Waals surface area contributed by atoms with E-state index in [-0.39, 0.29) is 11.8 Å². The van der Waals surface area contributed by atoms with E-state index in [1.54, 1.807) is 29.2 Å². The number of carbonyl (C=O) groups excluding carboxylic acids is 2. The third-order valence-corrected chi connectivity index (χ3v) is 6.58. The van der Waals surface area contributed by atoms with Gasteiger partial charge in [-0.05, 0) is 67.3 Å². The quantitative estimate of drug-likeness (QED) is 0.371. The monoisotopic (exact) mass is 453 g/mol. The molecule has 164 valence electrons. The molecule has 5 rings (SSSR count). The molecule has 0 saturated heterocycles. The lowest BCUT2D eigenvalue weighted by molar-refractivity contribution is -0.113. The maximum absolute atomic E-state index is 13.4. The first-order valence-electron chi connectivity index (χ1n) is 10.9. The number of hydrogen-bond donors (Lipinski definition) is 1. The van der Waals surface area contributed by atoms with Crippen molar-refractivity contribution in [2.45, 2.75) is 25.8 Å². The second kappa shape index (κ2) is 9.00. The van der Waals surface area contributed by atoms with Gasteiger partial charge in [0.05, 0.1) is 15.9 Å². The van der Waals surface area contributed by atoms with Gasteiger partial charge in [-0.2, -0.15) is 0 Å². The number of benzene rings is 3. The topological polar surface area (TPSA) is 62.3 Å². The van der Waals surface area contributed by atoms with E-state index in [4.69, 9.17) is 4.98 Å². The second-order valence-electron chi connectivity index (χ2n) is 8.13. The van der Waals surface area contributed by atoms with Crippen molar-refractivity contribution in [1.82, 2.24) is 10.3 Å². The molecule has 0 bridgehead atoms. The van der Waals surface area contributed by atoms with Crippen LogP contribution in [0.15, 0.2) is 78.9 Å². The number of amides is 2. The lowest BCUT2D eigenvalue weighted by Crippen LogP contribution is -2.25. The van der Waals surface area contributed by atoms with Crippen molar-refractivity contribution in [2.24, 2.45) is 0 Å². The highest BCUT2D eigenvalue weighted by atomic mass is 32.1. The van der Waals surface area contributed by atoms with Gasteiger partial charge >= 0.3 is 0 Å². The average Bonchev–Trinajstić information content (AvgIpc) is 3.54. The summed E-state index contributed by atoms with van der Waals surface area (Å²) >= 11 is 1.49. The van der Waals surface area contributed by atoms with Gasteiger partial charge in [0.15, 0.2) is 5.13 Å². The minimum atomic E-state index is -0.182. The third kappa shape index (κ3) is 4.71. The second-order valence-corrected chi connectivity index (χ2v) is 9.14. The Hall–Kier alpha value is -3.77.